The smallest absolute Gasteiger partial charge is 0.295 e. The number of phenolic OH excluding ortho intramolecular Hbond substituents is 1. The Bertz CT molecular complexity index is 1170. The third-order valence-electron chi connectivity index (χ3n) is 5.43. The molecule has 2 heterocycles. The molecule has 0 aliphatic carbocycles. The summed E-state index contributed by atoms with van der Waals surface area (Å²) in [5, 5.41) is 20.8. The molecular formula is C26H24N2O5. The second-order valence-corrected chi connectivity index (χ2v) is 7.75. The highest BCUT2D eigenvalue weighted by Crippen LogP contribution is 2.40. The highest BCUT2D eigenvalue weighted by molar-refractivity contribution is 6.46. The van der Waals surface area contributed by atoms with Crippen molar-refractivity contribution in [2.45, 2.75) is 25.9 Å². The van der Waals surface area contributed by atoms with E-state index in [0.29, 0.717) is 23.5 Å². The Labute approximate surface area is 191 Å². The van der Waals surface area contributed by atoms with E-state index in [0.717, 1.165) is 12.0 Å². The number of hydrogen-bond acceptors (Lipinski definition) is 6. The number of aromatic hydroxyl groups is 1. The number of aliphatic hydroxyl groups excluding tert-OH is 1. The Balaban J connectivity index is 1.78. The van der Waals surface area contributed by atoms with Gasteiger partial charge in [-0.15, -0.1) is 0 Å². The molecule has 7 heteroatoms. The molecule has 33 heavy (non-hydrogen) atoms. The summed E-state index contributed by atoms with van der Waals surface area (Å²) in [6.45, 7) is 2.73. The zero-order chi connectivity index (χ0) is 23.4. The molecule has 3 aromatic rings. The molecular weight excluding hydrogens is 420 g/mol. The standard InChI is InChI=1S/C26H24N2O5/c1-2-14-33-21-11-7-19(8-12-21)24(30)22-23(18-5-9-20(29)10-6-18)28(26(32)25(22)31)16-17-4-3-13-27-15-17/h3-13,15,23,29-30H,2,14,16H2,1H3/b24-22+. The molecule has 1 aliphatic rings. The summed E-state index contributed by atoms with van der Waals surface area (Å²) >= 11 is 0. The van der Waals surface area contributed by atoms with E-state index in [1.807, 2.05) is 13.0 Å². The van der Waals surface area contributed by atoms with E-state index in [4.69, 9.17) is 4.74 Å². The minimum atomic E-state index is -0.818. The monoisotopic (exact) mass is 444 g/mol. The van der Waals surface area contributed by atoms with Gasteiger partial charge in [-0.3, -0.25) is 14.6 Å². The molecule has 7 nitrogen and oxygen atoms in total. The number of rotatable bonds is 7. The van der Waals surface area contributed by atoms with Crippen LogP contribution >= 0.6 is 0 Å². The number of hydrogen-bond donors (Lipinski definition) is 2. The second kappa shape index (κ2) is 9.56. The van der Waals surface area contributed by atoms with Gasteiger partial charge in [-0.25, -0.2) is 0 Å². The van der Waals surface area contributed by atoms with Gasteiger partial charge in [0, 0.05) is 24.5 Å². The van der Waals surface area contributed by atoms with Crippen LogP contribution in [0.15, 0.2) is 78.6 Å². The van der Waals surface area contributed by atoms with E-state index in [2.05, 4.69) is 4.98 Å². The number of Topliss-reactive ketones (excluding diaryl/α,β-unsaturated/α-hetero) is 1. The zero-order valence-corrected chi connectivity index (χ0v) is 18.1. The fourth-order valence-corrected chi connectivity index (χ4v) is 3.82. The number of ketones is 1. The van der Waals surface area contributed by atoms with Gasteiger partial charge in [-0.2, -0.15) is 0 Å². The normalized spacial score (nSPS) is 17.4. The maximum atomic E-state index is 13.1. The van der Waals surface area contributed by atoms with Crippen molar-refractivity contribution in [3.05, 3.63) is 95.3 Å². The van der Waals surface area contributed by atoms with Crippen molar-refractivity contribution >= 4 is 17.4 Å². The topological polar surface area (TPSA) is 100.0 Å². The Morgan fingerprint density at radius 1 is 1.06 bits per heavy atom. The number of carbonyl (C=O) groups excluding carboxylic acids is 2. The quantitative estimate of drug-likeness (QED) is 0.322. The predicted octanol–water partition coefficient (Wildman–Crippen LogP) is 4.20. The number of amides is 1. The maximum Gasteiger partial charge on any atom is 0.295 e. The fourth-order valence-electron chi connectivity index (χ4n) is 3.82. The molecule has 2 N–H and O–H groups in total. The highest BCUT2D eigenvalue weighted by Gasteiger charge is 2.46. The van der Waals surface area contributed by atoms with Gasteiger partial charge >= 0.3 is 0 Å². The lowest BCUT2D eigenvalue weighted by atomic mass is 9.95. The molecule has 1 fully saturated rings. The average Bonchev–Trinajstić information content (AvgIpc) is 3.08. The number of carbonyl (C=O) groups is 2. The summed E-state index contributed by atoms with van der Waals surface area (Å²) in [5.74, 6) is -1.02. The van der Waals surface area contributed by atoms with E-state index in [9.17, 15) is 19.8 Å². The molecule has 1 unspecified atom stereocenters. The molecule has 1 aliphatic heterocycles. The van der Waals surface area contributed by atoms with Crippen molar-refractivity contribution in [3.63, 3.8) is 0 Å². The van der Waals surface area contributed by atoms with Gasteiger partial charge in [0.2, 0.25) is 0 Å². The van der Waals surface area contributed by atoms with E-state index in [1.165, 1.54) is 17.0 Å². The summed E-state index contributed by atoms with van der Waals surface area (Å²) < 4.78 is 5.58. The summed E-state index contributed by atoms with van der Waals surface area (Å²) in [7, 11) is 0. The zero-order valence-electron chi connectivity index (χ0n) is 18.1. The van der Waals surface area contributed by atoms with Crippen LogP contribution in [0, 0.1) is 0 Å². The van der Waals surface area contributed by atoms with Crippen molar-refractivity contribution in [2.75, 3.05) is 6.61 Å². The number of likely N-dealkylation sites (tertiary alicyclic amines) is 1. The van der Waals surface area contributed by atoms with Crippen molar-refractivity contribution < 1.29 is 24.5 Å². The lowest BCUT2D eigenvalue weighted by Crippen LogP contribution is -2.29. The molecule has 0 bridgehead atoms. The SMILES string of the molecule is CCCOc1ccc(/C(O)=C2\C(=O)C(=O)N(Cc3cccnc3)C2c2ccc(O)cc2)cc1. The van der Waals surface area contributed by atoms with E-state index >= 15 is 0 Å². The summed E-state index contributed by atoms with van der Waals surface area (Å²) in [5.41, 5.74) is 1.75. The van der Waals surface area contributed by atoms with E-state index in [1.54, 1.807) is 54.9 Å². The number of pyridine rings is 1. The first-order valence-electron chi connectivity index (χ1n) is 10.7. The Hall–Kier alpha value is -4.13. The van der Waals surface area contributed by atoms with Crippen molar-refractivity contribution in [1.29, 1.82) is 0 Å². The molecule has 4 rings (SSSR count). The third kappa shape index (κ3) is 4.57. The molecule has 1 saturated heterocycles. The maximum absolute atomic E-state index is 13.1. The average molecular weight is 444 g/mol. The van der Waals surface area contributed by atoms with Crippen LogP contribution in [0.5, 0.6) is 11.5 Å². The van der Waals surface area contributed by atoms with Gasteiger partial charge in [0.05, 0.1) is 18.2 Å². The number of phenols is 1. The van der Waals surface area contributed by atoms with Crippen LogP contribution in [0.4, 0.5) is 0 Å². The fraction of sp³-hybridized carbons (Fsp3) is 0.192. The lowest BCUT2D eigenvalue weighted by Gasteiger charge is -2.25. The molecule has 2 aromatic carbocycles. The number of aromatic nitrogens is 1. The van der Waals surface area contributed by atoms with Crippen LogP contribution in [-0.4, -0.2) is 38.4 Å². The van der Waals surface area contributed by atoms with Crippen LogP contribution in [0.1, 0.15) is 36.1 Å². The third-order valence-corrected chi connectivity index (χ3v) is 5.43. The molecule has 0 radical (unpaired) electrons. The number of nitrogens with zero attached hydrogens (tertiary/aromatic N) is 2. The first-order valence-corrected chi connectivity index (χ1v) is 10.7. The van der Waals surface area contributed by atoms with Crippen LogP contribution in [0.2, 0.25) is 0 Å². The Morgan fingerprint density at radius 2 is 1.79 bits per heavy atom. The minimum Gasteiger partial charge on any atom is -0.508 e. The Kier molecular flexibility index (Phi) is 6.40. The molecule has 0 saturated carbocycles. The summed E-state index contributed by atoms with van der Waals surface area (Å²) in [4.78, 5) is 31.6. The first-order chi connectivity index (χ1) is 16.0. The van der Waals surface area contributed by atoms with Gasteiger partial charge in [0.15, 0.2) is 0 Å². The number of aliphatic hydroxyl groups is 1. The van der Waals surface area contributed by atoms with Gasteiger partial charge in [-0.05, 0) is 60.0 Å². The first kappa shape index (κ1) is 22.1. The van der Waals surface area contributed by atoms with Crippen LogP contribution in [-0.2, 0) is 16.1 Å². The van der Waals surface area contributed by atoms with Crippen LogP contribution < -0.4 is 4.74 Å². The highest BCUT2D eigenvalue weighted by atomic mass is 16.5. The van der Waals surface area contributed by atoms with E-state index in [-0.39, 0.29) is 23.6 Å². The predicted molar refractivity (Wildman–Crippen MR) is 122 cm³/mol. The van der Waals surface area contributed by atoms with Crippen molar-refractivity contribution in [3.8, 4) is 11.5 Å². The van der Waals surface area contributed by atoms with Gasteiger partial charge in [-0.1, -0.05) is 25.1 Å². The van der Waals surface area contributed by atoms with Crippen molar-refractivity contribution in [2.24, 2.45) is 0 Å². The molecule has 1 amide bonds. The molecule has 1 aromatic heterocycles. The lowest BCUT2D eigenvalue weighted by molar-refractivity contribution is -0.140. The second-order valence-electron chi connectivity index (χ2n) is 7.75. The van der Waals surface area contributed by atoms with E-state index < -0.39 is 17.7 Å². The van der Waals surface area contributed by atoms with Gasteiger partial charge in [0.1, 0.15) is 17.3 Å². The molecule has 1 atom stereocenters. The summed E-state index contributed by atoms with van der Waals surface area (Å²) in [6.07, 6.45) is 4.12. The van der Waals surface area contributed by atoms with Crippen LogP contribution in [0.3, 0.4) is 0 Å². The van der Waals surface area contributed by atoms with Gasteiger partial charge < -0.3 is 19.8 Å². The van der Waals surface area contributed by atoms with Crippen molar-refractivity contribution in [1.82, 2.24) is 9.88 Å². The number of ether oxygens (including phenoxy) is 1. The largest absolute Gasteiger partial charge is 0.508 e. The molecule has 0 spiro atoms. The Morgan fingerprint density at radius 3 is 2.42 bits per heavy atom. The van der Waals surface area contributed by atoms with Gasteiger partial charge in [0.25, 0.3) is 11.7 Å². The molecule has 168 valence electrons. The summed E-state index contributed by atoms with van der Waals surface area (Å²) in [6, 6.07) is 15.7. The minimum absolute atomic E-state index is 0.00296. The number of benzene rings is 2. The van der Waals surface area contributed by atoms with Crippen LogP contribution in [0.25, 0.3) is 5.76 Å².